The first-order valence-corrected chi connectivity index (χ1v) is 17.8. The standard InChI is InChI=1S/C36H52N4O10/c1-20(41)49-27-18-36(47)25-8-7-22-17-23(50-30(44)11-9-28(42)40-26(32(45)46)5-4-16-39-33(37)38)12-14-34(22,2)24(25)13-15-35(36,3)31(27)21-6-10-29(43)48-19-21/h6,10,19,22-27,31,47H,4-5,7-9,11-18H2,1-3H3,(H,40,42)(H,45,46)(H4,37,38,39)/t22-,23-,24+,25-,26-,27+,31-,34+,35-,36+/m1/s1. The van der Waals surface area contributed by atoms with Crippen molar-refractivity contribution in [2.24, 2.45) is 45.0 Å². The Labute approximate surface area is 291 Å². The van der Waals surface area contributed by atoms with Crippen LogP contribution in [0.5, 0.6) is 0 Å². The molecule has 0 unspecified atom stereocenters. The van der Waals surface area contributed by atoms with Crippen LogP contribution in [0, 0.1) is 28.6 Å². The molecule has 10 atom stereocenters. The topological polar surface area (TPSA) is 234 Å². The van der Waals surface area contributed by atoms with Crippen molar-refractivity contribution in [1.82, 2.24) is 5.32 Å². The highest BCUT2D eigenvalue weighted by Crippen LogP contribution is 2.71. The zero-order valence-corrected chi connectivity index (χ0v) is 29.2. The molecular formula is C36H52N4O10. The molecule has 4 aliphatic carbocycles. The molecule has 14 heteroatoms. The molecule has 7 N–H and O–H groups in total. The molecule has 276 valence electrons. The smallest absolute Gasteiger partial charge is 0.335 e. The Kier molecular flexibility index (Phi) is 11.0. The Balaban J connectivity index is 1.18. The number of rotatable bonds is 12. The van der Waals surface area contributed by atoms with E-state index in [2.05, 4.69) is 24.2 Å². The second kappa shape index (κ2) is 14.7. The number of esters is 2. The third-order valence-electron chi connectivity index (χ3n) is 12.6. The molecular weight excluding hydrogens is 648 g/mol. The van der Waals surface area contributed by atoms with Gasteiger partial charge in [0.05, 0.1) is 18.3 Å². The van der Waals surface area contributed by atoms with Gasteiger partial charge in [0.25, 0.3) is 0 Å². The molecule has 0 aliphatic heterocycles. The summed E-state index contributed by atoms with van der Waals surface area (Å²) < 4.78 is 16.9. The first kappa shape index (κ1) is 37.3. The normalized spacial score (nSPS) is 35.0. The number of hydrogen-bond acceptors (Lipinski definition) is 10. The number of fused-ring (bicyclic) bond motifs is 5. The van der Waals surface area contributed by atoms with Gasteiger partial charge in [0.1, 0.15) is 18.2 Å². The van der Waals surface area contributed by atoms with Gasteiger partial charge in [-0.1, -0.05) is 13.8 Å². The van der Waals surface area contributed by atoms with Crippen LogP contribution in [0.4, 0.5) is 0 Å². The third-order valence-corrected chi connectivity index (χ3v) is 12.6. The summed E-state index contributed by atoms with van der Waals surface area (Å²) in [5.41, 5.74) is 9.07. The fourth-order valence-electron chi connectivity index (χ4n) is 10.2. The summed E-state index contributed by atoms with van der Waals surface area (Å²) in [4.78, 5) is 64.6. The number of nitrogens with two attached hydrogens (primary N) is 2. The fourth-order valence-corrected chi connectivity index (χ4v) is 10.2. The van der Waals surface area contributed by atoms with Gasteiger partial charge in [-0.2, -0.15) is 0 Å². The van der Waals surface area contributed by atoms with Crippen LogP contribution in [0.3, 0.4) is 0 Å². The lowest BCUT2D eigenvalue weighted by Crippen LogP contribution is -2.62. The summed E-state index contributed by atoms with van der Waals surface area (Å²) in [5, 5.41) is 24.7. The molecule has 4 aliphatic rings. The largest absolute Gasteiger partial charge is 0.480 e. The van der Waals surface area contributed by atoms with E-state index >= 15 is 0 Å². The number of guanidine groups is 1. The van der Waals surface area contributed by atoms with Gasteiger partial charge in [0.15, 0.2) is 5.96 Å². The Morgan fingerprint density at radius 2 is 1.82 bits per heavy atom. The lowest BCUT2D eigenvalue weighted by molar-refractivity contribution is -0.207. The third kappa shape index (κ3) is 7.40. The minimum Gasteiger partial charge on any atom is -0.480 e. The SMILES string of the molecule is CC(=O)O[C@H]1C[C@]2(O)[C@@H]3CC[C@@H]4C[C@H](OC(=O)CCC(=O)N[C@H](CCCN=C(N)N)C(=O)O)CC[C@]4(C)[C@H]3CC[C@]2(C)[C@@H]1c1ccc(=O)oc1. The van der Waals surface area contributed by atoms with E-state index in [0.29, 0.717) is 32.1 Å². The number of nitrogens with zero attached hydrogens (tertiary/aromatic N) is 1. The average Bonchev–Trinajstić information content (AvgIpc) is 3.27. The van der Waals surface area contributed by atoms with Crippen molar-refractivity contribution < 1.29 is 43.3 Å². The summed E-state index contributed by atoms with van der Waals surface area (Å²) in [7, 11) is 0. The maximum Gasteiger partial charge on any atom is 0.335 e. The molecule has 5 rings (SSSR count). The lowest BCUT2D eigenvalue weighted by atomic mass is 9.43. The van der Waals surface area contributed by atoms with Crippen LogP contribution in [0.2, 0.25) is 0 Å². The van der Waals surface area contributed by atoms with E-state index in [0.717, 1.165) is 31.2 Å². The molecule has 1 heterocycles. The number of ether oxygens (including phenoxy) is 2. The zero-order valence-electron chi connectivity index (χ0n) is 29.2. The molecule has 0 radical (unpaired) electrons. The number of amides is 1. The van der Waals surface area contributed by atoms with E-state index < -0.39 is 52.6 Å². The summed E-state index contributed by atoms with van der Waals surface area (Å²) in [6.45, 7) is 6.01. The minimum absolute atomic E-state index is 0.0138. The van der Waals surface area contributed by atoms with Crippen LogP contribution in [-0.4, -0.2) is 70.4 Å². The molecule has 14 nitrogen and oxygen atoms in total. The van der Waals surface area contributed by atoms with Crippen LogP contribution < -0.4 is 22.4 Å². The molecule has 0 bridgehead atoms. The monoisotopic (exact) mass is 700 g/mol. The number of carbonyl (C=O) groups is 4. The number of carbonyl (C=O) groups excluding carboxylic acids is 3. The van der Waals surface area contributed by atoms with Gasteiger partial charge in [-0.3, -0.25) is 19.4 Å². The van der Waals surface area contributed by atoms with Crippen LogP contribution in [0.15, 0.2) is 32.6 Å². The van der Waals surface area contributed by atoms with Gasteiger partial charge >= 0.3 is 23.5 Å². The van der Waals surface area contributed by atoms with Crippen LogP contribution >= 0.6 is 0 Å². The summed E-state index contributed by atoms with van der Waals surface area (Å²) >= 11 is 0. The Morgan fingerprint density at radius 3 is 2.48 bits per heavy atom. The number of hydrogen-bond donors (Lipinski definition) is 5. The second-order valence-corrected chi connectivity index (χ2v) is 15.4. The van der Waals surface area contributed by atoms with Gasteiger partial charge in [-0.05, 0) is 92.6 Å². The van der Waals surface area contributed by atoms with Crippen molar-refractivity contribution in [3.8, 4) is 0 Å². The first-order valence-electron chi connectivity index (χ1n) is 17.8. The highest BCUT2D eigenvalue weighted by Gasteiger charge is 2.70. The van der Waals surface area contributed by atoms with E-state index in [1.807, 2.05) is 0 Å². The highest BCUT2D eigenvalue weighted by atomic mass is 16.5. The predicted molar refractivity (Wildman–Crippen MR) is 180 cm³/mol. The molecule has 1 amide bonds. The second-order valence-electron chi connectivity index (χ2n) is 15.4. The van der Waals surface area contributed by atoms with Gasteiger partial charge in [-0.25, -0.2) is 9.59 Å². The van der Waals surface area contributed by atoms with Gasteiger partial charge < -0.3 is 40.9 Å². The average molecular weight is 701 g/mol. The van der Waals surface area contributed by atoms with Crippen LogP contribution in [0.1, 0.15) is 109 Å². The van der Waals surface area contributed by atoms with Gasteiger partial charge in [0, 0.05) is 43.7 Å². The molecule has 4 fully saturated rings. The predicted octanol–water partition coefficient (Wildman–Crippen LogP) is 2.74. The van der Waals surface area contributed by atoms with E-state index in [4.69, 9.17) is 25.4 Å². The van der Waals surface area contributed by atoms with Crippen LogP contribution in [-0.2, 0) is 28.7 Å². The van der Waals surface area contributed by atoms with Crippen molar-refractivity contribution >= 4 is 29.8 Å². The van der Waals surface area contributed by atoms with Crippen molar-refractivity contribution in [3.05, 3.63) is 34.4 Å². The van der Waals surface area contributed by atoms with Crippen molar-refractivity contribution in [1.29, 1.82) is 0 Å². The number of nitrogens with one attached hydrogen (secondary N) is 1. The molecule has 0 spiro atoms. The van der Waals surface area contributed by atoms with Crippen molar-refractivity contribution in [3.63, 3.8) is 0 Å². The summed E-state index contributed by atoms with van der Waals surface area (Å²) in [5.74, 6) is -2.54. The Morgan fingerprint density at radius 1 is 1.06 bits per heavy atom. The van der Waals surface area contributed by atoms with E-state index in [1.165, 1.54) is 19.3 Å². The molecule has 0 saturated heterocycles. The highest BCUT2D eigenvalue weighted by molar-refractivity contribution is 5.85. The quantitative estimate of drug-likeness (QED) is 0.0917. The van der Waals surface area contributed by atoms with Gasteiger partial charge in [0.2, 0.25) is 5.91 Å². The summed E-state index contributed by atoms with van der Waals surface area (Å²) in [6.07, 6.45) is 6.53. The molecule has 0 aromatic carbocycles. The minimum atomic E-state index is -1.18. The molecule has 1 aromatic rings. The first-order chi connectivity index (χ1) is 23.6. The zero-order chi connectivity index (χ0) is 36.4. The van der Waals surface area contributed by atoms with E-state index in [-0.39, 0.29) is 67.0 Å². The summed E-state index contributed by atoms with van der Waals surface area (Å²) in [6, 6.07) is 1.97. The Hall–Kier alpha value is -3.94. The lowest BCUT2D eigenvalue weighted by Gasteiger charge is -2.63. The maximum atomic E-state index is 12.8. The van der Waals surface area contributed by atoms with E-state index in [1.54, 1.807) is 6.07 Å². The molecule has 4 saturated carbocycles. The number of aliphatic imine (C=N–C) groups is 1. The molecule has 1 aromatic heterocycles. The number of carboxylic acid groups (broad SMARTS) is 1. The number of aliphatic hydroxyl groups is 1. The fraction of sp³-hybridized carbons (Fsp3) is 0.722. The van der Waals surface area contributed by atoms with Gasteiger partial charge in [-0.15, -0.1) is 0 Å². The Bertz CT molecular complexity index is 1520. The van der Waals surface area contributed by atoms with E-state index in [9.17, 15) is 34.2 Å². The van der Waals surface area contributed by atoms with Crippen molar-refractivity contribution in [2.45, 2.75) is 128 Å². The van der Waals surface area contributed by atoms with Crippen molar-refractivity contribution in [2.75, 3.05) is 6.54 Å². The molecule has 50 heavy (non-hydrogen) atoms. The van der Waals surface area contributed by atoms with Crippen LogP contribution in [0.25, 0.3) is 0 Å². The number of aliphatic carboxylic acids is 1. The number of carboxylic acids is 1. The maximum absolute atomic E-state index is 12.8.